The molecule has 0 atom stereocenters. The Labute approximate surface area is 111 Å². The summed E-state index contributed by atoms with van der Waals surface area (Å²) in [7, 11) is 0. The van der Waals surface area contributed by atoms with Crippen LogP contribution in [0.4, 0.5) is 0 Å². The lowest BCUT2D eigenvalue weighted by atomic mass is 10.2. The maximum Gasteiger partial charge on any atom is 0.205 e. The number of carbonyl (C=O) groups excluding carboxylic acids is 1. The fourth-order valence-corrected chi connectivity index (χ4v) is 1.79. The molecule has 0 unspecified atom stereocenters. The number of furan rings is 1. The van der Waals surface area contributed by atoms with E-state index in [0.29, 0.717) is 23.3 Å². The first-order valence-electron chi connectivity index (χ1n) is 6.28. The summed E-state index contributed by atoms with van der Waals surface area (Å²) >= 11 is 0. The Hall–Kier alpha value is -1.95. The number of hydrogen-bond acceptors (Lipinski definition) is 5. The van der Waals surface area contributed by atoms with E-state index in [0.717, 1.165) is 6.54 Å². The van der Waals surface area contributed by atoms with Gasteiger partial charge >= 0.3 is 0 Å². The van der Waals surface area contributed by atoms with Crippen molar-refractivity contribution in [1.29, 1.82) is 0 Å². The van der Waals surface area contributed by atoms with Crippen LogP contribution in [0.25, 0.3) is 0 Å². The summed E-state index contributed by atoms with van der Waals surface area (Å²) in [6.45, 7) is 5.21. The highest BCUT2D eigenvalue weighted by atomic mass is 16.3. The lowest BCUT2D eigenvalue weighted by molar-refractivity contribution is 0.0960. The maximum absolute atomic E-state index is 12.1. The molecule has 6 heteroatoms. The average molecular weight is 262 g/mol. The topological polar surface area (TPSA) is 86.9 Å². The molecule has 0 saturated heterocycles. The number of nitrogens with two attached hydrogens (primary N) is 1. The molecule has 0 bridgehead atoms. The van der Waals surface area contributed by atoms with Crippen LogP contribution in [-0.2, 0) is 19.5 Å². The molecule has 0 aliphatic carbocycles. The molecule has 0 radical (unpaired) electrons. The lowest BCUT2D eigenvalue weighted by Crippen LogP contribution is -2.14. The van der Waals surface area contributed by atoms with Gasteiger partial charge in [0.1, 0.15) is 17.9 Å². The molecule has 2 aromatic heterocycles. The summed E-state index contributed by atoms with van der Waals surface area (Å²) in [4.78, 5) is 16.2. The van der Waals surface area contributed by atoms with Crippen LogP contribution < -0.4 is 5.73 Å². The first-order valence-corrected chi connectivity index (χ1v) is 6.28. The highest BCUT2D eigenvalue weighted by Gasteiger charge is 2.15. The largest absolute Gasteiger partial charge is 0.457 e. The van der Waals surface area contributed by atoms with Gasteiger partial charge in [-0.15, -0.1) is 0 Å². The van der Waals surface area contributed by atoms with E-state index in [9.17, 15) is 4.79 Å². The van der Waals surface area contributed by atoms with Gasteiger partial charge in [0.25, 0.3) is 0 Å². The molecule has 2 N–H and O–H groups in total. The third kappa shape index (κ3) is 3.29. The van der Waals surface area contributed by atoms with E-state index in [1.807, 2.05) is 0 Å². The minimum atomic E-state index is -0.113. The van der Waals surface area contributed by atoms with Gasteiger partial charge in [0.15, 0.2) is 5.76 Å². The smallest absolute Gasteiger partial charge is 0.205 e. The Morgan fingerprint density at radius 1 is 1.47 bits per heavy atom. The summed E-state index contributed by atoms with van der Waals surface area (Å²) in [5.41, 5.74) is 5.45. The van der Waals surface area contributed by atoms with Crippen LogP contribution in [0.2, 0.25) is 0 Å². The van der Waals surface area contributed by atoms with E-state index in [-0.39, 0.29) is 18.7 Å². The SMILES string of the molecule is CC(C)Cn1ncnc1CC(=O)c1ccc(CN)o1. The third-order valence-electron chi connectivity index (χ3n) is 2.69. The second kappa shape index (κ2) is 5.79. The van der Waals surface area contributed by atoms with Crippen LogP contribution in [0, 0.1) is 5.92 Å². The van der Waals surface area contributed by atoms with Gasteiger partial charge in [-0.1, -0.05) is 13.8 Å². The quantitative estimate of drug-likeness (QED) is 0.795. The van der Waals surface area contributed by atoms with E-state index in [1.165, 1.54) is 6.33 Å². The molecule has 0 aliphatic rings. The standard InChI is InChI=1S/C13H18N4O2/c1-9(2)7-17-13(15-8-16-17)5-11(18)12-4-3-10(6-14)19-12/h3-4,8-9H,5-7,14H2,1-2H3. The Bertz CT molecular complexity index is 556. The monoisotopic (exact) mass is 262 g/mol. The molecule has 0 spiro atoms. The Morgan fingerprint density at radius 2 is 2.26 bits per heavy atom. The zero-order valence-electron chi connectivity index (χ0n) is 11.2. The number of aromatic nitrogens is 3. The fourth-order valence-electron chi connectivity index (χ4n) is 1.79. The van der Waals surface area contributed by atoms with E-state index in [1.54, 1.807) is 16.8 Å². The molecule has 102 valence electrons. The number of ketones is 1. The predicted octanol–water partition coefficient (Wildman–Crippen LogP) is 1.41. The van der Waals surface area contributed by atoms with Gasteiger partial charge in [-0.25, -0.2) is 9.67 Å². The van der Waals surface area contributed by atoms with Gasteiger partial charge in [-0.05, 0) is 18.1 Å². The normalized spacial score (nSPS) is 11.2. The first kappa shape index (κ1) is 13.5. The van der Waals surface area contributed by atoms with Crippen molar-refractivity contribution in [1.82, 2.24) is 14.8 Å². The maximum atomic E-state index is 12.1. The Kier molecular flexibility index (Phi) is 4.11. The van der Waals surface area contributed by atoms with Crippen LogP contribution in [0.15, 0.2) is 22.9 Å². The molecule has 0 aliphatic heterocycles. The van der Waals surface area contributed by atoms with Crippen molar-refractivity contribution in [2.24, 2.45) is 11.7 Å². The van der Waals surface area contributed by atoms with Crippen molar-refractivity contribution >= 4 is 5.78 Å². The molecule has 2 heterocycles. The summed E-state index contributed by atoms with van der Waals surface area (Å²) in [5.74, 6) is 1.91. The van der Waals surface area contributed by atoms with Gasteiger partial charge in [-0.2, -0.15) is 5.10 Å². The molecule has 0 amide bonds. The number of hydrogen-bond donors (Lipinski definition) is 1. The molecule has 0 saturated carbocycles. The van der Waals surface area contributed by atoms with Crippen molar-refractivity contribution in [2.75, 3.05) is 0 Å². The second-order valence-electron chi connectivity index (χ2n) is 4.82. The predicted molar refractivity (Wildman–Crippen MR) is 69.5 cm³/mol. The van der Waals surface area contributed by atoms with Crippen LogP contribution >= 0.6 is 0 Å². The van der Waals surface area contributed by atoms with Crippen LogP contribution in [0.1, 0.15) is 36.0 Å². The zero-order valence-corrected chi connectivity index (χ0v) is 11.2. The molecule has 19 heavy (non-hydrogen) atoms. The Morgan fingerprint density at radius 3 is 2.89 bits per heavy atom. The van der Waals surface area contributed by atoms with E-state index < -0.39 is 0 Å². The van der Waals surface area contributed by atoms with Gasteiger partial charge in [0.2, 0.25) is 5.78 Å². The highest BCUT2D eigenvalue weighted by molar-refractivity contribution is 5.94. The van der Waals surface area contributed by atoms with E-state index in [4.69, 9.17) is 10.2 Å². The highest BCUT2D eigenvalue weighted by Crippen LogP contribution is 2.11. The fraction of sp³-hybridized carbons (Fsp3) is 0.462. The minimum Gasteiger partial charge on any atom is -0.457 e. The number of carbonyl (C=O) groups is 1. The summed E-state index contributed by atoms with van der Waals surface area (Å²) in [6, 6.07) is 3.36. The van der Waals surface area contributed by atoms with Crippen LogP contribution in [0.5, 0.6) is 0 Å². The third-order valence-corrected chi connectivity index (χ3v) is 2.69. The number of rotatable bonds is 6. The number of nitrogens with zero attached hydrogens (tertiary/aromatic N) is 3. The number of Topliss-reactive ketones (excluding diaryl/α,β-unsaturated/α-hetero) is 1. The van der Waals surface area contributed by atoms with Crippen LogP contribution in [-0.4, -0.2) is 20.5 Å². The molecular formula is C13H18N4O2. The van der Waals surface area contributed by atoms with Crippen molar-refractivity contribution in [3.05, 3.63) is 35.8 Å². The van der Waals surface area contributed by atoms with E-state index >= 15 is 0 Å². The first-order chi connectivity index (χ1) is 9.10. The Balaban J connectivity index is 2.08. The van der Waals surface area contributed by atoms with Crippen molar-refractivity contribution in [3.8, 4) is 0 Å². The van der Waals surface area contributed by atoms with Crippen LogP contribution in [0.3, 0.4) is 0 Å². The molecular weight excluding hydrogens is 244 g/mol. The summed E-state index contributed by atoms with van der Waals surface area (Å²) < 4.78 is 7.09. The average Bonchev–Trinajstić information content (AvgIpc) is 2.98. The van der Waals surface area contributed by atoms with Gasteiger partial charge in [0, 0.05) is 6.54 Å². The zero-order chi connectivity index (χ0) is 13.8. The van der Waals surface area contributed by atoms with Gasteiger partial charge < -0.3 is 10.2 Å². The molecule has 2 aromatic rings. The molecule has 0 fully saturated rings. The molecule has 6 nitrogen and oxygen atoms in total. The molecule has 2 rings (SSSR count). The second-order valence-corrected chi connectivity index (χ2v) is 4.82. The van der Waals surface area contributed by atoms with Crippen molar-refractivity contribution in [3.63, 3.8) is 0 Å². The minimum absolute atomic E-state index is 0.113. The molecule has 0 aromatic carbocycles. The summed E-state index contributed by atoms with van der Waals surface area (Å²) in [5, 5.41) is 4.13. The van der Waals surface area contributed by atoms with Crippen molar-refractivity contribution < 1.29 is 9.21 Å². The van der Waals surface area contributed by atoms with E-state index in [2.05, 4.69) is 23.9 Å². The lowest BCUT2D eigenvalue weighted by Gasteiger charge is -2.07. The van der Waals surface area contributed by atoms with Crippen molar-refractivity contribution in [2.45, 2.75) is 33.4 Å². The van der Waals surface area contributed by atoms with Gasteiger partial charge in [-0.3, -0.25) is 4.79 Å². The van der Waals surface area contributed by atoms with Gasteiger partial charge in [0.05, 0.1) is 13.0 Å². The summed E-state index contributed by atoms with van der Waals surface area (Å²) in [6.07, 6.45) is 1.66.